The number of amides is 1. The molecule has 1 fully saturated rings. The van der Waals surface area contributed by atoms with Crippen LogP contribution in [-0.2, 0) is 11.2 Å². The molecule has 0 radical (unpaired) electrons. The van der Waals surface area contributed by atoms with E-state index in [1.54, 1.807) is 0 Å². The van der Waals surface area contributed by atoms with E-state index in [-0.39, 0.29) is 24.4 Å². The van der Waals surface area contributed by atoms with Crippen molar-refractivity contribution in [3.05, 3.63) is 35.9 Å². The summed E-state index contributed by atoms with van der Waals surface area (Å²) in [4.78, 5) is 12.3. The van der Waals surface area contributed by atoms with Crippen LogP contribution in [0.2, 0.25) is 0 Å². The molecule has 20 heavy (non-hydrogen) atoms. The van der Waals surface area contributed by atoms with Crippen LogP contribution >= 0.6 is 12.4 Å². The van der Waals surface area contributed by atoms with E-state index in [2.05, 4.69) is 22.8 Å². The minimum Gasteiger partial charge on any atom is -0.352 e. The van der Waals surface area contributed by atoms with Crippen molar-refractivity contribution in [2.75, 3.05) is 7.05 Å². The summed E-state index contributed by atoms with van der Waals surface area (Å²) >= 11 is 0. The Labute approximate surface area is 127 Å². The fourth-order valence-electron chi connectivity index (χ4n) is 2.72. The lowest BCUT2D eigenvalue weighted by molar-refractivity contribution is -0.123. The third-order valence-corrected chi connectivity index (χ3v) is 3.90. The molecule has 0 aliphatic heterocycles. The standard InChI is InChI=1S/C16H24N2O.ClH/c1-17-15(12-13-8-4-2-5-9-13)16(19)18-14-10-6-3-7-11-14;/h2,4-5,8-9,14-15,17H,3,6-7,10-12H2,1H3,(H,18,19);1H/t15-;/m0./s1. The molecule has 1 atom stereocenters. The molecular formula is C16H25ClN2O. The van der Waals surface area contributed by atoms with E-state index in [9.17, 15) is 4.79 Å². The van der Waals surface area contributed by atoms with Crippen molar-refractivity contribution in [1.29, 1.82) is 0 Å². The van der Waals surface area contributed by atoms with Crippen LogP contribution in [0.15, 0.2) is 30.3 Å². The lowest BCUT2D eigenvalue weighted by Gasteiger charge is -2.25. The van der Waals surface area contributed by atoms with Crippen LogP contribution in [-0.4, -0.2) is 25.0 Å². The Morgan fingerprint density at radius 3 is 2.45 bits per heavy atom. The number of benzene rings is 1. The maximum atomic E-state index is 12.3. The van der Waals surface area contributed by atoms with Gasteiger partial charge in [-0.15, -0.1) is 12.4 Å². The predicted octanol–water partition coefficient (Wildman–Crippen LogP) is 2.69. The number of nitrogens with one attached hydrogen (secondary N) is 2. The fraction of sp³-hybridized carbons (Fsp3) is 0.562. The minimum absolute atomic E-state index is 0. The number of carbonyl (C=O) groups excluding carboxylic acids is 1. The molecule has 2 N–H and O–H groups in total. The van der Waals surface area contributed by atoms with Crippen molar-refractivity contribution in [1.82, 2.24) is 10.6 Å². The molecule has 0 saturated heterocycles. The van der Waals surface area contributed by atoms with Crippen LogP contribution in [0.25, 0.3) is 0 Å². The van der Waals surface area contributed by atoms with Gasteiger partial charge in [-0.3, -0.25) is 4.79 Å². The molecule has 0 bridgehead atoms. The highest BCUT2D eigenvalue weighted by atomic mass is 35.5. The van der Waals surface area contributed by atoms with E-state index in [0.29, 0.717) is 6.04 Å². The number of halogens is 1. The summed E-state index contributed by atoms with van der Waals surface area (Å²) in [6.45, 7) is 0. The van der Waals surface area contributed by atoms with Gasteiger partial charge in [0.15, 0.2) is 0 Å². The number of hydrogen-bond donors (Lipinski definition) is 2. The largest absolute Gasteiger partial charge is 0.352 e. The van der Waals surface area contributed by atoms with Gasteiger partial charge in [0.2, 0.25) is 5.91 Å². The van der Waals surface area contributed by atoms with E-state index in [0.717, 1.165) is 19.3 Å². The quantitative estimate of drug-likeness (QED) is 0.877. The van der Waals surface area contributed by atoms with E-state index in [1.165, 1.54) is 24.8 Å². The van der Waals surface area contributed by atoms with Gasteiger partial charge in [0.25, 0.3) is 0 Å². The van der Waals surface area contributed by atoms with Gasteiger partial charge < -0.3 is 10.6 Å². The Morgan fingerprint density at radius 1 is 1.20 bits per heavy atom. The SMILES string of the molecule is CN[C@@H](Cc1ccccc1)C(=O)NC1CCCCC1.Cl. The average Bonchev–Trinajstić information content (AvgIpc) is 2.47. The second-order valence-corrected chi connectivity index (χ2v) is 5.37. The van der Waals surface area contributed by atoms with Crippen molar-refractivity contribution in [3.63, 3.8) is 0 Å². The average molecular weight is 297 g/mol. The third-order valence-electron chi connectivity index (χ3n) is 3.90. The summed E-state index contributed by atoms with van der Waals surface area (Å²) in [6.07, 6.45) is 6.81. The molecule has 1 amide bonds. The Balaban J connectivity index is 0.00000200. The van der Waals surface area contributed by atoms with E-state index >= 15 is 0 Å². The normalized spacial score (nSPS) is 17.1. The minimum atomic E-state index is -0.135. The molecule has 0 unspecified atom stereocenters. The Bertz CT molecular complexity index is 391. The molecule has 1 aromatic rings. The van der Waals surface area contributed by atoms with Crippen LogP contribution in [0.4, 0.5) is 0 Å². The molecule has 112 valence electrons. The van der Waals surface area contributed by atoms with Gasteiger partial charge >= 0.3 is 0 Å². The molecule has 1 aromatic carbocycles. The summed E-state index contributed by atoms with van der Waals surface area (Å²) in [5.74, 6) is 0.137. The van der Waals surface area contributed by atoms with Crippen molar-refractivity contribution < 1.29 is 4.79 Å². The van der Waals surface area contributed by atoms with Crippen molar-refractivity contribution >= 4 is 18.3 Å². The number of rotatable bonds is 5. The van der Waals surface area contributed by atoms with Gasteiger partial charge in [0.1, 0.15) is 0 Å². The van der Waals surface area contributed by atoms with E-state index < -0.39 is 0 Å². The summed E-state index contributed by atoms with van der Waals surface area (Å²) in [6, 6.07) is 10.4. The number of hydrogen-bond acceptors (Lipinski definition) is 2. The smallest absolute Gasteiger partial charge is 0.237 e. The second kappa shape index (κ2) is 8.98. The monoisotopic (exact) mass is 296 g/mol. The molecule has 1 aliphatic carbocycles. The highest BCUT2D eigenvalue weighted by Gasteiger charge is 2.21. The molecule has 4 heteroatoms. The van der Waals surface area contributed by atoms with Crippen LogP contribution in [0.5, 0.6) is 0 Å². The summed E-state index contributed by atoms with van der Waals surface area (Å²) < 4.78 is 0. The fourth-order valence-corrected chi connectivity index (χ4v) is 2.72. The maximum absolute atomic E-state index is 12.3. The van der Waals surface area contributed by atoms with Gasteiger partial charge in [-0.05, 0) is 31.9 Å². The van der Waals surface area contributed by atoms with Crippen molar-refractivity contribution in [2.24, 2.45) is 0 Å². The van der Waals surface area contributed by atoms with E-state index in [4.69, 9.17) is 0 Å². The van der Waals surface area contributed by atoms with Gasteiger partial charge in [-0.1, -0.05) is 49.6 Å². The topological polar surface area (TPSA) is 41.1 Å². The zero-order chi connectivity index (χ0) is 13.5. The van der Waals surface area contributed by atoms with Crippen LogP contribution < -0.4 is 10.6 Å². The van der Waals surface area contributed by atoms with Crippen LogP contribution in [0.1, 0.15) is 37.7 Å². The number of likely N-dealkylation sites (N-methyl/N-ethyl adjacent to an activating group) is 1. The van der Waals surface area contributed by atoms with E-state index in [1.807, 2.05) is 25.2 Å². The van der Waals surface area contributed by atoms with Crippen LogP contribution in [0.3, 0.4) is 0 Å². The molecule has 1 aliphatic rings. The lowest BCUT2D eigenvalue weighted by Crippen LogP contribution is -2.48. The third kappa shape index (κ3) is 5.14. The first kappa shape index (κ1) is 17.0. The molecule has 0 heterocycles. The molecule has 2 rings (SSSR count). The molecule has 1 saturated carbocycles. The Kier molecular flexibility index (Phi) is 7.63. The summed E-state index contributed by atoms with van der Waals surface area (Å²) in [7, 11) is 1.86. The molecule has 0 spiro atoms. The second-order valence-electron chi connectivity index (χ2n) is 5.37. The zero-order valence-corrected chi connectivity index (χ0v) is 12.9. The van der Waals surface area contributed by atoms with Gasteiger partial charge in [0.05, 0.1) is 6.04 Å². The predicted molar refractivity (Wildman–Crippen MR) is 85.3 cm³/mol. The molecule has 3 nitrogen and oxygen atoms in total. The van der Waals surface area contributed by atoms with Crippen molar-refractivity contribution in [3.8, 4) is 0 Å². The first-order valence-electron chi connectivity index (χ1n) is 7.31. The van der Waals surface area contributed by atoms with Gasteiger partial charge in [-0.25, -0.2) is 0 Å². The first-order valence-corrected chi connectivity index (χ1v) is 7.31. The summed E-state index contributed by atoms with van der Waals surface area (Å²) in [5.41, 5.74) is 1.20. The first-order chi connectivity index (χ1) is 9.29. The number of carbonyl (C=O) groups is 1. The molecular weight excluding hydrogens is 272 g/mol. The Hall–Kier alpha value is -1.06. The van der Waals surface area contributed by atoms with Crippen molar-refractivity contribution in [2.45, 2.75) is 50.6 Å². The zero-order valence-electron chi connectivity index (χ0n) is 12.1. The Morgan fingerprint density at radius 2 is 1.85 bits per heavy atom. The summed E-state index contributed by atoms with van der Waals surface area (Å²) in [5, 5.41) is 6.32. The maximum Gasteiger partial charge on any atom is 0.237 e. The lowest BCUT2D eigenvalue weighted by atomic mass is 9.95. The highest BCUT2D eigenvalue weighted by Crippen LogP contribution is 2.17. The molecule has 0 aromatic heterocycles. The van der Waals surface area contributed by atoms with Gasteiger partial charge in [-0.2, -0.15) is 0 Å². The van der Waals surface area contributed by atoms with Crippen LogP contribution in [0, 0.1) is 0 Å². The highest BCUT2D eigenvalue weighted by molar-refractivity contribution is 5.85. The van der Waals surface area contributed by atoms with Gasteiger partial charge in [0, 0.05) is 6.04 Å².